The number of nitrogens with one attached hydrogen (secondary N) is 1. The number of phenolic OH excluding ortho intramolecular Hbond substituents is 1. The molecule has 0 saturated carbocycles. The molecule has 1 atom stereocenters. The van der Waals surface area contributed by atoms with E-state index in [2.05, 4.69) is 68.3 Å². The number of aliphatic hydroxyl groups excluding tert-OH is 1. The van der Waals surface area contributed by atoms with Crippen LogP contribution in [0.15, 0.2) is 97.3 Å². The smallest absolute Gasteiger partial charge is 0.128 e. The molecule has 0 bridgehead atoms. The number of hydrogen-bond donors (Lipinski definition) is 3. The summed E-state index contributed by atoms with van der Waals surface area (Å²) >= 11 is 0. The number of benzene rings is 2. The SMILES string of the molecule is CN(CCN(CCN(C)c1ccccn1)Cc1ccc(CNCC(O)c2cccc(O)c2)cc1)c1ccccn1. The van der Waals surface area contributed by atoms with Crippen LogP contribution in [-0.4, -0.2) is 71.9 Å². The van der Waals surface area contributed by atoms with Crippen LogP contribution in [0.2, 0.25) is 0 Å². The molecule has 4 rings (SSSR count). The van der Waals surface area contributed by atoms with Crippen molar-refractivity contribution in [3.05, 3.63) is 114 Å². The average Bonchev–Trinajstić information content (AvgIpc) is 2.99. The lowest BCUT2D eigenvalue weighted by Gasteiger charge is -2.28. The molecule has 0 aliphatic carbocycles. The molecule has 8 nitrogen and oxygen atoms in total. The Labute approximate surface area is 237 Å². The van der Waals surface area contributed by atoms with E-state index in [4.69, 9.17) is 0 Å². The van der Waals surface area contributed by atoms with Crippen LogP contribution < -0.4 is 15.1 Å². The maximum Gasteiger partial charge on any atom is 0.128 e. The maximum atomic E-state index is 10.4. The number of anilines is 2. The number of hydrogen-bond acceptors (Lipinski definition) is 8. The number of aromatic nitrogens is 2. The lowest BCUT2D eigenvalue weighted by Crippen LogP contribution is -2.38. The van der Waals surface area contributed by atoms with Gasteiger partial charge in [-0.05, 0) is 53.1 Å². The number of rotatable bonds is 15. The normalized spacial score (nSPS) is 11.9. The number of aromatic hydroxyl groups is 1. The van der Waals surface area contributed by atoms with Crippen LogP contribution in [0.1, 0.15) is 22.8 Å². The fourth-order valence-electron chi connectivity index (χ4n) is 4.46. The first kappa shape index (κ1) is 29.0. The van der Waals surface area contributed by atoms with Gasteiger partial charge in [0.05, 0.1) is 6.10 Å². The van der Waals surface area contributed by atoms with Gasteiger partial charge in [-0.2, -0.15) is 0 Å². The maximum absolute atomic E-state index is 10.4. The van der Waals surface area contributed by atoms with Gasteiger partial charge < -0.3 is 25.3 Å². The Hall–Kier alpha value is -3.98. The first-order chi connectivity index (χ1) is 19.5. The van der Waals surface area contributed by atoms with Crippen molar-refractivity contribution in [3.8, 4) is 5.75 Å². The standard InChI is InChI=1S/C32H40N6O2/c1-36(31-10-3-5-16-34-31)18-20-38(21-19-37(2)32-11-4-6-17-35-32)25-27-14-12-26(13-15-27)23-33-24-30(40)28-8-7-9-29(39)22-28/h3-17,22,30,33,39-40H,18-21,23-25H2,1-2H3. The van der Waals surface area contributed by atoms with E-state index in [0.29, 0.717) is 18.7 Å². The van der Waals surface area contributed by atoms with Crippen LogP contribution in [0.4, 0.5) is 11.6 Å². The van der Waals surface area contributed by atoms with Crippen molar-refractivity contribution in [2.45, 2.75) is 19.2 Å². The largest absolute Gasteiger partial charge is 0.508 e. The summed E-state index contributed by atoms with van der Waals surface area (Å²) in [5.41, 5.74) is 3.11. The van der Waals surface area contributed by atoms with E-state index in [1.165, 1.54) is 5.56 Å². The summed E-state index contributed by atoms with van der Waals surface area (Å²) in [5, 5.41) is 23.3. The van der Waals surface area contributed by atoms with Crippen molar-refractivity contribution >= 4 is 11.6 Å². The van der Waals surface area contributed by atoms with Crippen molar-refractivity contribution in [1.82, 2.24) is 20.2 Å². The van der Waals surface area contributed by atoms with Crippen molar-refractivity contribution in [2.75, 3.05) is 56.6 Å². The zero-order valence-electron chi connectivity index (χ0n) is 23.4. The van der Waals surface area contributed by atoms with Gasteiger partial charge in [-0.25, -0.2) is 9.97 Å². The van der Waals surface area contributed by atoms with E-state index in [0.717, 1.165) is 49.9 Å². The van der Waals surface area contributed by atoms with Gasteiger partial charge >= 0.3 is 0 Å². The molecule has 2 heterocycles. The number of aliphatic hydroxyl groups is 1. The number of pyridine rings is 2. The second-order valence-corrected chi connectivity index (χ2v) is 10.1. The Morgan fingerprint density at radius 3 is 1.88 bits per heavy atom. The minimum absolute atomic E-state index is 0.160. The van der Waals surface area contributed by atoms with E-state index in [-0.39, 0.29) is 5.75 Å². The summed E-state index contributed by atoms with van der Waals surface area (Å²) in [4.78, 5) is 15.8. The van der Waals surface area contributed by atoms with Gasteiger partial charge in [0.1, 0.15) is 17.4 Å². The molecule has 0 saturated heterocycles. The predicted molar refractivity (Wildman–Crippen MR) is 162 cm³/mol. The Morgan fingerprint density at radius 1 is 0.725 bits per heavy atom. The molecular weight excluding hydrogens is 500 g/mol. The number of likely N-dealkylation sites (N-methyl/N-ethyl adjacent to an activating group) is 2. The molecule has 210 valence electrons. The van der Waals surface area contributed by atoms with Crippen LogP contribution in [0.5, 0.6) is 5.75 Å². The van der Waals surface area contributed by atoms with Gasteiger partial charge in [0.25, 0.3) is 0 Å². The Balaban J connectivity index is 1.31. The topological polar surface area (TPSA) is 88.0 Å². The summed E-state index contributed by atoms with van der Waals surface area (Å²) in [7, 11) is 4.17. The zero-order valence-corrected chi connectivity index (χ0v) is 23.4. The third-order valence-corrected chi connectivity index (χ3v) is 6.93. The molecule has 8 heteroatoms. The van der Waals surface area contributed by atoms with Crippen molar-refractivity contribution in [2.24, 2.45) is 0 Å². The van der Waals surface area contributed by atoms with Crippen LogP contribution in [-0.2, 0) is 13.1 Å². The van der Waals surface area contributed by atoms with E-state index in [1.807, 2.05) is 54.9 Å². The van der Waals surface area contributed by atoms with Crippen molar-refractivity contribution in [3.63, 3.8) is 0 Å². The molecule has 0 aliphatic rings. The van der Waals surface area contributed by atoms with Gasteiger partial charge in [0, 0.05) is 72.3 Å². The monoisotopic (exact) mass is 540 g/mol. The van der Waals surface area contributed by atoms with Crippen LogP contribution in [0.25, 0.3) is 0 Å². The van der Waals surface area contributed by atoms with Gasteiger partial charge in [-0.1, -0.05) is 48.5 Å². The zero-order chi connectivity index (χ0) is 28.2. The van der Waals surface area contributed by atoms with Gasteiger partial charge in [0.15, 0.2) is 0 Å². The molecule has 2 aromatic carbocycles. The van der Waals surface area contributed by atoms with E-state index in [1.54, 1.807) is 18.2 Å². The molecule has 3 N–H and O–H groups in total. The molecule has 0 fully saturated rings. The summed E-state index contributed by atoms with van der Waals surface area (Å²) < 4.78 is 0. The highest BCUT2D eigenvalue weighted by molar-refractivity contribution is 5.37. The second-order valence-electron chi connectivity index (χ2n) is 10.1. The van der Waals surface area contributed by atoms with Crippen LogP contribution >= 0.6 is 0 Å². The first-order valence-electron chi connectivity index (χ1n) is 13.7. The van der Waals surface area contributed by atoms with Crippen LogP contribution in [0.3, 0.4) is 0 Å². The third-order valence-electron chi connectivity index (χ3n) is 6.93. The lowest BCUT2D eigenvalue weighted by molar-refractivity contribution is 0.174. The second kappa shape index (κ2) is 15.0. The molecule has 1 unspecified atom stereocenters. The third kappa shape index (κ3) is 9.05. The van der Waals surface area contributed by atoms with Gasteiger partial charge in [-0.15, -0.1) is 0 Å². The number of nitrogens with zero attached hydrogens (tertiary/aromatic N) is 5. The molecule has 0 amide bonds. The highest BCUT2D eigenvalue weighted by atomic mass is 16.3. The lowest BCUT2D eigenvalue weighted by atomic mass is 10.1. The fraction of sp³-hybridized carbons (Fsp3) is 0.312. The summed E-state index contributed by atoms with van der Waals surface area (Å²) in [6, 6.07) is 27.4. The molecule has 0 radical (unpaired) electrons. The van der Waals surface area contributed by atoms with Gasteiger partial charge in [-0.3, -0.25) is 4.90 Å². The van der Waals surface area contributed by atoms with E-state index < -0.39 is 6.10 Å². The van der Waals surface area contributed by atoms with Crippen LogP contribution in [0, 0.1) is 0 Å². The van der Waals surface area contributed by atoms with E-state index >= 15 is 0 Å². The summed E-state index contributed by atoms with van der Waals surface area (Å²) in [6.07, 6.45) is 2.98. The predicted octanol–water partition coefficient (Wildman–Crippen LogP) is 4.08. The molecule has 0 aliphatic heterocycles. The first-order valence-corrected chi connectivity index (χ1v) is 13.7. The Kier molecular flexibility index (Phi) is 10.9. The number of phenols is 1. The molecule has 40 heavy (non-hydrogen) atoms. The molecule has 2 aromatic heterocycles. The molecule has 4 aromatic rings. The fourth-order valence-corrected chi connectivity index (χ4v) is 4.46. The molecule has 0 spiro atoms. The van der Waals surface area contributed by atoms with Crippen molar-refractivity contribution in [1.29, 1.82) is 0 Å². The Morgan fingerprint density at radius 2 is 1.32 bits per heavy atom. The minimum Gasteiger partial charge on any atom is -0.508 e. The summed E-state index contributed by atoms with van der Waals surface area (Å²) in [5.74, 6) is 2.10. The highest BCUT2D eigenvalue weighted by Crippen LogP contribution is 2.18. The van der Waals surface area contributed by atoms with E-state index in [9.17, 15) is 10.2 Å². The highest BCUT2D eigenvalue weighted by Gasteiger charge is 2.12. The minimum atomic E-state index is -0.673. The average molecular weight is 541 g/mol. The van der Waals surface area contributed by atoms with Crippen molar-refractivity contribution < 1.29 is 10.2 Å². The molecular formula is C32H40N6O2. The summed E-state index contributed by atoms with van der Waals surface area (Å²) in [6.45, 7) is 5.45. The quantitative estimate of drug-likeness (QED) is 0.208. The Bertz CT molecular complexity index is 1220. The van der Waals surface area contributed by atoms with Gasteiger partial charge in [0.2, 0.25) is 0 Å².